The van der Waals surface area contributed by atoms with Crippen LogP contribution in [0.5, 0.6) is 0 Å². The molecule has 0 saturated carbocycles. The molecule has 1 aliphatic heterocycles. The molecule has 4 rings (SSSR count). The van der Waals surface area contributed by atoms with Gasteiger partial charge in [0.15, 0.2) is 5.13 Å². The van der Waals surface area contributed by atoms with Gasteiger partial charge < -0.3 is 14.7 Å². The number of carbonyl (C=O) groups excluding carboxylic acids is 1. The van der Waals surface area contributed by atoms with E-state index in [0.29, 0.717) is 37.3 Å². The third kappa shape index (κ3) is 3.47. The first-order valence-corrected chi connectivity index (χ1v) is 9.71. The van der Waals surface area contributed by atoms with Crippen LogP contribution in [0.2, 0.25) is 0 Å². The van der Waals surface area contributed by atoms with Crippen LogP contribution < -0.4 is 9.80 Å². The normalized spacial score (nSPS) is 14.6. The number of para-hydroxylation sites is 1. The molecule has 1 aromatic heterocycles. The number of aromatic nitrogens is 1. The van der Waals surface area contributed by atoms with Crippen LogP contribution in [-0.2, 0) is 0 Å². The smallest absolute Gasteiger partial charge is 0.253 e. The maximum atomic E-state index is 13.9. The van der Waals surface area contributed by atoms with Gasteiger partial charge in [0.2, 0.25) is 0 Å². The highest BCUT2D eigenvalue weighted by Gasteiger charge is 2.24. The molecule has 0 atom stereocenters. The Bertz CT molecular complexity index is 962. The Labute approximate surface area is 161 Å². The highest BCUT2D eigenvalue weighted by Crippen LogP contribution is 2.30. The molecule has 0 radical (unpaired) electrons. The Balaban J connectivity index is 1.43. The molecule has 0 unspecified atom stereocenters. The molecule has 2 heterocycles. The van der Waals surface area contributed by atoms with Gasteiger partial charge in [-0.2, -0.15) is 0 Å². The van der Waals surface area contributed by atoms with E-state index in [1.54, 1.807) is 6.07 Å². The van der Waals surface area contributed by atoms with Gasteiger partial charge >= 0.3 is 0 Å². The highest BCUT2D eigenvalue weighted by atomic mass is 32.1. The second-order valence-corrected chi connectivity index (χ2v) is 7.81. The zero-order chi connectivity index (χ0) is 19.0. The SMILES string of the molecule is CN(C)c1ccc(C(=O)N2CCN(c3nc4c(F)cccc4s3)CC2)cc1. The summed E-state index contributed by atoms with van der Waals surface area (Å²) in [5.41, 5.74) is 2.20. The Morgan fingerprint density at radius 3 is 2.41 bits per heavy atom. The first kappa shape index (κ1) is 17.7. The molecule has 1 aliphatic rings. The summed E-state index contributed by atoms with van der Waals surface area (Å²) in [7, 11) is 3.95. The number of hydrogen-bond donors (Lipinski definition) is 0. The summed E-state index contributed by atoms with van der Waals surface area (Å²) < 4.78 is 14.7. The lowest BCUT2D eigenvalue weighted by Crippen LogP contribution is -2.48. The van der Waals surface area contributed by atoms with Crippen LogP contribution in [0, 0.1) is 5.82 Å². The first-order chi connectivity index (χ1) is 13.0. The number of amides is 1. The molecule has 1 saturated heterocycles. The number of piperazine rings is 1. The lowest BCUT2D eigenvalue weighted by molar-refractivity contribution is 0.0747. The minimum Gasteiger partial charge on any atom is -0.378 e. The van der Waals surface area contributed by atoms with E-state index in [4.69, 9.17) is 0 Å². The molecule has 0 N–H and O–H groups in total. The van der Waals surface area contributed by atoms with Gasteiger partial charge in [-0.05, 0) is 36.4 Å². The van der Waals surface area contributed by atoms with E-state index in [-0.39, 0.29) is 11.7 Å². The van der Waals surface area contributed by atoms with E-state index in [1.165, 1.54) is 17.4 Å². The van der Waals surface area contributed by atoms with Crippen LogP contribution in [0.25, 0.3) is 10.2 Å². The summed E-state index contributed by atoms with van der Waals surface area (Å²) in [6.07, 6.45) is 0. The molecule has 3 aromatic rings. The lowest BCUT2D eigenvalue weighted by atomic mass is 10.1. The van der Waals surface area contributed by atoms with Gasteiger partial charge in [-0.15, -0.1) is 0 Å². The molecule has 27 heavy (non-hydrogen) atoms. The van der Waals surface area contributed by atoms with Crippen molar-refractivity contribution in [2.24, 2.45) is 0 Å². The average Bonchev–Trinajstić information content (AvgIpc) is 3.13. The minimum atomic E-state index is -0.287. The van der Waals surface area contributed by atoms with E-state index >= 15 is 0 Å². The van der Waals surface area contributed by atoms with Gasteiger partial charge in [-0.25, -0.2) is 9.37 Å². The maximum Gasteiger partial charge on any atom is 0.253 e. The lowest BCUT2D eigenvalue weighted by Gasteiger charge is -2.34. The number of carbonyl (C=O) groups is 1. The minimum absolute atomic E-state index is 0.0512. The number of hydrogen-bond acceptors (Lipinski definition) is 5. The van der Waals surface area contributed by atoms with Crippen molar-refractivity contribution in [3.05, 3.63) is 53.8 Å². The summed E-state index contributed by atoms with van der Waals surface area (Å²) in [5, 5.41) is 0.817. The third-order valence-electron chi connectivity index (χ3n) is 4.83. The quantitative estimate of drug-likeness (QED) is 0.693. The van der Waals surface area contributed by atoms with Gasteiger partial charge in [-0.1, -0.05) is 17.4 Å². The van der Waals surface area contributed by atoms with Crippen LogP contribution >= 0.6 is 11.3 Å². The zero-order valence-corrected chi connectivity index (χ0v) is 16.2. The van der Waals surface area contributed by atoms with Gasteiger partial charge in [0.05, 0.1) is 4.70 Å². The summed E-state index contributed by atoms with van der Waals surface area (Å²) in [6, 6.07) is 12.7. The monoisotopic (exact) mass is 384 g/mol. The van der Waals surface area contributed by atoms with Crippen LogP contribution in [0.4, 0.5) is 15.2 Å². The standard InChI is InChI=1S/C20H21FN4OS/c1-23(2)15-8-6-14(7-9-15)19(26)24-10-12-25(13-11-24)20-22-18-16(21)4-3-5-17(18)27-20/h3-9H,10-13H2,1-2H3. The predicted octanol–water partition coefficient (Wildman–Crippen LogP) is 3.46. The Morgan fingerprint density at radius 1 is 1.07 bits per heavy atom. The number of benzene rings is 2. The van der Waals surface area contributed by atoms with E-state index in [9.17, 15) is 9.18 Å². The molecule has 1 amide bonds. The van der Waals surface area contributed by atoms with Crippen LogP contribution in [0.15, 0.2) is 42.5 Å². The van der Waals surface area contributed by atoms with Crippen molar-refractivity contribution in [3.63, 3.8) is 0 Å². The van der Waals surface area contributed by atoms with Crippen LogP contribution in [0.3, 0.4) is 0 Å². The number of halogens is 1. The fourth-order valence-electron chi connectivity index (χ4n) is 3.22. The summed E-state index contributed by atoms with van der Waals surface area (Å²) in [6.45, 7) is 2.66. The zero-order valence-electron chi connectivity index (χ0n) is 15.4. The number of thiazole rings is 1. The summed E-state index contributed by atoms with van der Waals surface area (Å²) >= 11 is 1.49. The van der Waals surface area contributed by atoms with Gasteiger partial charge in [-0.3, -0.25) is 4.79 Å². The number of rotatable bonds is 3. The topological polar surface area (TPSA) is 39.7 Å². The molecule has 140 valence electrons. The van der Waals surface area contributed by atoms with E-state index in [1.807, 2.05) is 54.2 Å². The number of anilines is 2. The van der Waals surface area contributed by atoms with E-state index < -0.39 is 0 Å². The van der Waals surface area contributed by atoms with Crippen molar-refractivity contribution in [1.82, 2.24) is 9.88 Å². The van der Waals surface area contributed by atoms with Crippen molar-refractivity contribution in [1.29, 1.82) is 0 Å². The van der Waals surface area contributed by atoms with Crippen molar-refractivity contribution in [2.75, 3.05) is 50.1 Å². The molecule has 0 spiro atoms. The predicted molar refractivity (Wildman–Crippen MR) is 108 cm³/mol. The summed E-state index contributed by atoms with van der Waals surface area (Å²) in [5.74, 6) is -0.236. The van der Waals surface area contributed by atoms with Crippen molar-refractivity contribution in [2.45, 2.75) is 0 Å². The molecule has 2 aromatic carbocycles. The van der Waals surface area contributed by atoms with Crippen molar-refractivity contribution in [3.8, 4) is 0 Å². The van der Waals surface area contributed by atoms with E-state index in [2.05, 4.69) is 9.88 Å². The molecular formula is C20H21FN4OS. The second kappa shape index (κ2) is 7.15. The average molecular weight is 384 g/mol. The number of nitrogens with zero attached hydrogens (tertiary/aromatic N) is 4. The van der Waals surface area contributed by atoms with Crippen molar-refractivity contribution < 1.29 is 9.18 Å². The molecule has 0 aliphatic carbocycles. The summed E-state index contributed by atoms with van der Waals surface area (Å²) in [4.78, 5) is 23.2. The van der Waals surface area contributed by atoms with Crippen LogP contribution in [-0.4, -0.2) is 56.1 Å². The maximum absolute atomic E-state index is 13.9. The Hall–Kier alpha value is -2.67. The first-order valence-electron chi connectivity index (χ1n) is 8.89. The fraction of sp³-hybridized carbons (Fsp3) is 0.300. The Kier molecular flexibility index (Phi) is 4.70. The van der Waals surface area contributed by atoms with E-state index in [0.717, 1.165) is 15.5 Å². The Morgan fingerprint density at radius 2 is 1.78 bits per heavy atom. The molecular weight excluding hydrogens is 363 g/mol. The molecule has 7 heteroatoms. The number of fused-ring (bicyclic) bond motifs is 1. The van der Waals surface area contributed by atoms with Gasteiger partial charge in [0.1, 0.15) is 11.3 Å². The second-order valence-electron chi connectivity index (χ2n) is 6.80. The highest BCUT2D eigenvalue weighted by molar-refractivity contribution is 7.22. The van der Waals surface area contributed by atoms with Crippen molar-refractivity contribution >= 4 is 38.3 Å². The largest absolute Gasteiger partial charge is 0.378 e. The molecule has 5 nitrogen and oxygen atoms in total. The third-order valence-corrected chi connectivity index (χ3v) is 5.91. The van der Waals surface area contributed by atoms with Gasteiger partial charge in [0, 0.05) is 51.5 Å². The van der Waals surface area contributed by atoms with Gasteiger partial charge in [0.25, 0.3) is 5.91 Å². The molecule has 0 bridgehead atoms. The van der Waals surface area contributed by atoms with Crippen LogP contribution in [0.1, 0.15) is 10.4 Å². The fourth-order valence-corrected chi connectivity index (χ4v) is 4.26. The molecule has 1 fully saturated rings.